The molecule has 0 spiro atoms. The molecule has 118 valence electrons. The van der Waals surface area contributed by atoms with E-state index in [0.717, 1.165) is 13.0 Å². The molecule has 1 aliphatic rings. The van der Waals surface area contributed by atoms with E-state index in [4.69, 9.17) is 0 Å². The molecule has 0 aliphatic carbocycles. The summed E-state index contributed by atoms with van der Waals surface area (Å²) in [6.45, 7) is 3.29. The zero-order chi connectivity index (χ0) is 15.3. The molecular weight excluding hydrogens is 308 g/mol. The second kappa shape index (κ2) is 7.60. The van der Waals surface area contributed by atoms with E-state index >= 15 is 0 Å². The van der Waals surface area contributed by atoms with Crippen LogP contribution in [0, 0.1) is 0 Å². The zero-order valence-corrected chi connectivity index (χ0v) is 14.8. The van der Waals surface area contributed by atoms with Crippen LogP contribution >= 0.6 is 23.5 Å². The number of nitrogens with zero attached hydrogens (tertiary/aromatic N) is 2. The molecule has 2 heterocycles. The first kappa shape index (κ1) is 16.0. The van der Waals surface area contributed by atoms with Crippen LogP contribution in [0.25, 0.3) is 0 Å². The van der Waals surface area contributed by atoms with Gasteiger partial charge >= 0.3 is 0 Å². The first-order chi connectivity index (χ1) is 10.8. The summed E-state index contributed by atoms with van der Waals surface area (Å²) in [5.41, 5.74) is 2.91. The van der Waals surface area contributed by atoms with E-state index in [1.807, 2.05) is 12.5 Å². The Hall–Kier alpha value is -0.870. The van der Waals surface area contributed by atoms with Gasteiger partial charge in [0.25, 0.3) is 0 Å². The minimum absolute atomic E-state index is 0.351. The van der Waals surface area contributed by atoms with Gasteiger partial charge in [-0.05, 0) is 36.8 Å². The second-order valence-electron chi connectivity index (χ2n) is 5.87. The number of thioether (sulfide) groups is 2. The van der Waals surface area contributed by atoms with E-state index in [2.05, 4.69) is 70.5 Å². The van der Waals surface area contributed by atoms with Crippen molar-refractivity contribution in [1.29, 1.82) is 0 Å². The van der Waals surface area contributed by atoms with Gasteiger partial charge in [-0.15, -0.1) is 23.5 Å². The SMILES string of the molecule is CCc1ccc(CCCC2(Cn3ccnc3)SCCS2)cc1. The maximum atomic E-state index is 4.18. The fourth-order valence-corrected chi connectivity index (χ4v) is 6.28. The third-order valence-corrected chi connectivity index (χ3v) is 7.75. The van der Waals surface area contributed by atoms with Gasteiger partial charge in [0.1, 0.15) is 0 Å². The molecule has 3 rings (SSSR count). The van der Waals surface area contributed by atoms with Crippen molar-refractivity contribution in [3.63, 3.8) is 0 Å². The van der Waals surface area contributed by atoms with Gasteiger partial charge in [0.15, 0.2) is 0 Å². The third-order valence-electron chi connectivity index (χ3n) is 4.25. The van der Waals surface area contributed by atoms with Gasteiger partial charge < -0.3 is 4.57 Å². The highest BCUT2D eigenvalue weighted by Crippen LogP contribution is 2.48. The Morgan fingerprint density at radius 1 is 1.14 bits per heavy atom. The molecule has 1 fully saturated rings. The third kappa shape index (κ3) is 4.11. The van der Waals surface area contributed by atoms with Crippen molar-refractivity contribution >= 4 is 23.5 Å². The minimum atomic E-state index is 0.351. The predicted octanol–water partition coefficient (Wildman–Crippen LogP) is 4.64. The summed E-state index contributed by atoms with van der Waals surface area (Å²) < 4.78 is 2.59. The van der Waals surface area contributed by atoms with Crippen molar-refractivity contribution in [3.8, 4) is 0 Å². The Morgan fingerprint density at radius 2 is 1.86 bits per heavy atom. The number of hydrogen-bond donors (Lipinski definition) is 0. The molecule has 1 aromatic carbocycles. The normalized spacial score (nSPS) is 17.0. The molecule has 2 nitrogen and oxygen atoms in total. The lowest BCUT2D eigenvalue weighted by Gasteiger charge is -2.27. The molecule has 0 amide bonds. The average Bonchev–Trinajstić information content (AvgIpc) is 3.21. The smallest absolute Gasteiger partial charge is 0.0946 e. The topological polar surface area (TPSA) is 17.8 Å². The van der Waals surface area contributed by atoms with Crippen LogP contribution in [-0.4, -0.2) is 25.1 Å². The molecule has 0 bridgehead atoms. The molecule has 2 aromatic rings. The fraction of sp³-hybridized carbons (Fsp3) is 0.500. The summed E-state index contributed by atoms with van der Waals surface area (Å²) in [4.78, 5) is 4.18. The number of aromatic nitrogens is 2. The molecule has 1 aromatic heterocycles. The highest BCUT2D eigenvalue weighted by atomic mass is 32.2. The van der Waals surface area contributed by atoms with Crippen LogP contribution in [0.15, 0.2) is 43.0 Å². The van der Waals surface area contributed by atoms with E-state index < -0.39 is 0 Å². The van der Waals surface area contributed by atoms with Crippen LogP contribution < -0.4 is 0 Å². The van der Waals surface area contributed by atoms with Crippen LogP contribution in [0.1, 0.15) is 30.9 Å². The molecule has 4 heteroatoms. The lowest BCUT2D eigenvalue weighted by molar-refractivity contribution is 0.572. The van der Waals surface area contributed by atoms with Crippen molar-refractivity contribution in [2.45, 2.75) is 43.2 Å². The van der Waals surface area contributed by atoms with E-state index in [0.29, 0.717) is 4.08 Å². The Kier molecular flexibility index (Phi) is 5.53. The Morgan fingerprint density at radius 3 is 2.50 bits per heavy atom. The standard InChI is InChI=1S/C18H24N2S2/c1-2-16-5-7-17(8-6-16)4-3-9-18(21-12-13-22-18)14-20-11-10-19-15-20/h5-8,10-11,15H,2-4,9,12-14H2,1H3. The van der Waals surface area contributed by atoms with Crippen molar-refractivity contribution in [2.24, 2.45) is 0 Å². The van der Waals surface area contributed by atoms with Crippen molar-refractivity contribution in [2.75, 3.05) is 11.5 Å². The van der Waals surface area contributed by atoms with Gasteiger partial charge in [0.05, 0.1) is 10.4 Å². The van der Waals surface area contributed by atoms with Crippen LogP contribution in [0.5, 0.6) is 0 Å². The van der Waals surface area contributed by atoms with Gasteiger partial charge in [0, 0.05) is 30.4 Å². The monoisotopic (exact) mass is 332 g/mol. The molecule has 1 aliphatic heterocycles. The quantitative estimate of drug-likeness (QED) is 0.735. The second-order valence-corrected chi connectivity index (χ2v) is 9.08. The molecule has 0 saturated carbocycles. The highest BCUT2D eigenvalue weighted by Gasteiger charge is 2.35. The largest absolute Gasteiger partial charge is 0.335 e. The van der Waals surface area contributed by atoms with Crippen molar-refractivity contribution in [1.82, 2.24) is 9.55 Å². The number of hydrogen-bond acceptors (Lipinski definition) is 3. The molecule has 0 N–H and O–H groups in total. The van der Waals surface area contributed by atoms with Crippen LogP contribution in [0.4, 0.5) is 0 Å². The van der Waals surface area contributed by atoms with E-state index in [1.165, 1.54) is 41.9 Å². The van der Waals surface area contributed by atoms with Gasteiger partial charge in [-0.1, -0.05) is 31.2 Å². The lowest BCUT2D eigenvalue weighted by Crippen LogP contribution is -2.24. The molecular formula is C18H24N2S2. The highest BCUT2D eigenvalue weighted by molar-refractivity contribution is 8.21. The number of rotatable bonds is 7. The van der Waals surface area contributed by atoms with E-state index in [-0.39, 0.29) is 0 Å². The first-order valence-corrected chi connectivity index (χ1v) is 10.1. The van der Waals surface area contributed by atoms with Gasteiger partial charge in [-0.3, -0.25) is 0 Å². The average molecular weight is 333 g/mol. The minimum Gasteiger partial charge on any atom is -0.335 e. The maximum absolute atomic E-state index is 4.18. The van der Waals surface area contributed by atoms with Gasteiger partial charge in [-0.2, -0.15) is 0 Å². The van der Waals surface area contributed by atoms with E-state index in [1.54, 1.807) is 0 Å². The lowest BCUT2D eigenvalue weighted by atomic mass is 10.0. The Bertz CT molecular complexity index is 557. The van der Waals surface area contributed by atoms with Crippen molar-refractivity contribution in [3.05, 3.63) is 54.1 Å². The molecule has 0 unspecified atom stereocenters. The fourth-order valence-electron chi connectivity index (χ4n) is 2.97. The van der Waals surface area contributed by atoms with Gasteiger partial charge in [-0.25, -0.2) is 4.98 Å². The summed E-state index contributed by atoms with van der Waals surface area (Å²) in [6, 6.07) is 9.15. The number of aryl methyl sites for hydroxylation is 2. The summed E-state index contributed by atoms with van der Waals surface area (Å²) in [6.07, 6.45) is 10.8. The molecule has 0 radical (unpaired) electrons. The van der Waals surface area contributed by atoms with Crippen molar-refractivity contribution < 1.29 is 0 Å². The summed E-state index contributed by atoms with van der Waals surface area (Å²) in [5, 5.41) is 0. The summed E-state index contributed by atoms with van der Waals surface area (Å²) in [5.74, 6) is 2.56. The summed E-state index contributed by atoms with van der Waals surface area (Å²) in [7, 11) is 0. The number of imidazole rings is 1. The Labute approximate surface area is 142 Å². The Balaban J connectivity index is 1.55. The van der Waals surface area contributed by atoms with Crippen LogP contribution in [0.2, 0.25) is 0 Å². The van der Waals surface area contributed by atoms with E-state index in [9.17, 15) is 0 Å². The first-order valence-electron chi connectivity index (χ1n) is 8.11. The van der Waals surface area contributed by atoms with Crippen LogP contribution in [0.3, 0.4) is 0 Å². The van der Waals surface area contributed by atoms with Gasteiger partial charge in [0.2, 0.25) is 0 Å². The zero-order valence-electron chi connectivity index (χ0n) is 13.2. The van der Waals surface area contributed by atoms with Crippen LogP contribution in [-0.2, 0) is 19.4 Å². The predicted molar refractivity (Wildman–Crippen MR) is 98.6 cm³/mol. The number of benzene rings is 1. The summed E-state index contributed by atoms with van der Waals surface area (Å²) >= 11 is 4.29. The molecule has 22 heavy (non-hydrogen) atoms. The molecule has 1 saturated heterocycles. The maximum Gasteiger partial charge on any atom is 0.0946 e. The molecule has 0 atom stereocenters.